The molecule has 0 spiro atoms. The third kappa shape index (κ3) is 3.20. The highest BCUT2D eigenvalue weighted by atomic mass is 16.2. The van der Waals surface area contributed by atoms with Gasteiger partial charge in [0.05, 0.1) is 6.04 Å². The summed E-state index contributed by atoms with van der Waals surface area (Å²) in [6.07, 6.45) is 3.22. The average molecular weight is 212 g/mol. The van der Waals surface area contributed by atoms with E-state index in [1.807, 2.05) is 4.90 Å². The van der Waals surface area contributed by atoms with Crippen molar-refractivity contribution in [2.24, 2.45) is 17.6 Å². The number of likely N-dealkylation sites (tertiary alicyclic amines) is 1. The Morgan fingerprint density at radius 2 is 2.00 bits per heavy atom. The van der Waals surface area contributed by atoms with Gasteiger partial charge in [-0.15, -0.1) is 0 Å². The van der Waals surface area contributed by atoms with E-state index in [-0.39, 0.29) is 17.9 Å². The molecule has 0 bridgehead atoms. The van der Waals surface area contributed by atoms with E-state index in [0.717, 1.165) is 38.3 Å². The molecule has 3 nitrogen and oxygen atoms in total. The highest BCUT2D eigenvalue weighted by molar-refractivity contribution is 5.82. The summed E-state index contributed by atoms with van der Waals surface area (Å²) in [5.74, 6) is 1.20. The molecule has 0 aromatic heterocycles. The summed E-state index contributed by atoms with van der Waals surface area (Å²) in [4.78, 5) is 13.9. The number of hydrogen-bond donors (Lipinski definition) is 1. The lowest BCUT2D eigenvalue weighted by atomic mass is 9.95. The maximum atomic E-state index is 12.0. The molecule has 1 unspecified atom stereocenters. The molecule has 88 valence electrons. The Hall–Kier alpha value is -0.570. The average Bonchev–Trinajstić information content (AvgIpc) is 2.27. The van der Waals surface area contributed by atoms with E-state index in [9.17, 15) is 4.79 Å². The molecule has 2 atom stereocenters. The number of rotatable bonds is 3. The van der Waals surface area contributed by atoms with Gasteiger partial charge in [-0.3, -0.25) is 4.79 Å². The number of hydrogen-bond acceptors (Lipinski definition) is 2. The SMILES string of the molecule is CCC(C)[C@H](N)C(=O)N1CCC(C)CC1. The number of amides is 1. The fraction of sp³-hybridized carbons (Fsp3) is 0.917. The van der Waals surface area contributed by atoms with Crippen LogP contribution in [-0.4, -0.2) is 29.9 Å². The Labute approximate surface area is 93.0 Å². The summed E-state index contributed by atoms with van der Waals surface area (Å²) in [7, 11) is 0. The van der Waals surface area contributed by atoms with Crippen molar-refractivity contribution in [3.05, 3.63) is 0 Å². The van der Waals surface area contributed by atoms with Crippen LogP contribution in [0.25, 0.3) is 0 Å². The molecular formula is C12H24N2O. The zero-order chi connectivity index (χ0) is 11.4. The molecule has 0 aliphatic carbocycles. The van der Waals surface area contributed by atoms with Gasteiger partial charge in [-0.2, -0.15) is 0 Å². The Bertz CT molecular complexity index is 210. The van der Waals surface area contributed by atoms with Crippen molar-refractivity contribution in [3.63, 3.8) is 0 Å². The highest BCUT2D eigenvalue weighted by Gasteiger charge is 2.27. The van der Waals surface area contributed by atoms with Crippen molar-refractivity contribution in [2.75, 3.05) is 13.1 Å². The van der Waals surface area contributed by atoms with Gasteiger partial charge in [0.1, 0.15) is 0 Å². The van der Waals surface area contributed by atoms with Crippen LogP contribution in [0.4, 0.5) is 0 Å². The smallest absolute Gasteiger partial charge is 0.239 e. The quantitative estimate of drug-likeness (QED) is 0.772. The van der Waals surface area contributed by atoms with E-state index in [4.69, 9.17) is 5.73 Å². The summed E-state index contributed by atoms with van der Waals surface area (Å²) in [6.45, 7) is 8.16. The Kier molecular flexibility index (Phi) is 4.58. The van der Waals surface area contributed by atoms with Gasteiger partial charge in [-0.1, -0.05) is 27.2 Å². The summed E-state index contributed by atoms with van der Waals surface area (Å²) in [5.41, 5.74) is 5.95. The number of carbonyl (C=O) groups excluding carboxylic acids is 1. The summed E-state index contributed by atoms with van der Waals surface area (Å²) in [6, 6.07) is -0.302. The predicted molar refractivity (Wildman–Crippen MR) is 62.4 cm³/mol. The van der Waals surface area contributed by atoms with Crippen LogP contribution in [0.15, 0.2) is 0 Å². The Morgan fingerprint density at radius 3 is 2.47 bits per heavy atom. The number of nitrogens with zero attached hydrogens (tertiary/aromatic N) is 1. The molecule has 1 aliphatic rings. The largest absolute Gasteiger partial charge is 0.341 e. The van der Waals surface area contributed by atoms with Gasteiger partial charge in [0, 0.05) is 13.1 Å². The van der Waals surface area contributed by atoms with Gasteiger partial charge in [0.2, 0.25) is 5.91 Å². The monoisotopic (exact) mass is 212 g/mol. The van der Waals surface area contributed by atoms with E-state index in [1.54, 1.807) is 0 Å². The molecule has 1 amide bonds. The second kappa shape index (κ2) is 5.50. The van der Waals surface area contributed by atoms with Crippen LogP contribution in [0, 0.1) is 11.8 Å². The molecule has 1 fully saturated rings. The van der Waals surface area contributed by atoms with Crippen LogP contribution in [0.2, 0.25) is 0 Å². The maximum absolute atomic E-state index is 12.0. The fourth-order valence-electron chi connectivity index (χ4n) is 1.94. The molecule has 2 N–H and O–H groups in total. The van der Waals surface area contributed by atoms with E-state index < -0.39 is 0 Å². The zero-order valence-electron chi connectivity index (χ0n) is 10.2. The lowest BCUT2D eigenvalue weighted by Gasteiger charge is -2.33. The maximum Gasteiger partial charge on any atom is 0.239 e. The second-order valence-corrected chi connectivity index (χ2v) is 4.92. The highest BCUT2D eigenvalue weighted by Crippen LogP contribution is 2.18. The standard InChI is InChI=1S/C12H24N2O/c1-4-10(3)11(13)12(15)14-7-5-9(2)6-8-14/h9-11H,4-8,13H2,1-3H3/t10?,11-/m0/s1. The Morgan fingerprint density at radius 1 is 1.47 bits per heavy atom. The van der Waals surface area contributed by atoms with Gasteiger partial charge in [-0.05, 0) is 24.7 Å². The zero-order valence-corrected chi connectivity index (χ0v) is 10.2. The molecule has 1 heterocycles. The second-order valence-electron chi connectivity index (χ2n) is 4.92. The molecule has 15 heavy (non-hydrogen) atoms. The first-order valence-corrected chi connectivity index (χ1v) is 6.10. The third-order valence-corrected chi connectivity index (χ3v) is 3.64. The Balaban J connectivity index is 2.46. The van der Waals surface area contributed by atoms with Crippen molar-refractivity contribution >= 4 is 5.91 Å². The van der Waals surface area contributed by atoms with Crippen LogP contribution in [0.1, 0.15) is 40.0 Å². The fourth-order valence-corrected chi connectivity index (χ4v) is 1.94. The van der Waals surface area contributed by atoms with Crippen LogP contribution in [0.3, 0.4) is 0 Å². The van der Waals surface area contributed by atoms with Gasteiger partial charge in [0.25, 0.3) is 0 Å². The molecule has 0 radical (unpaired) electrons. The number of piperidine rings is 1. The summed E-state index contributed by atoms with van der Waals surface area (Å²) < 4.78 is 0. The minimum atomic E-state index is -0.302. The van der Waals surface area contributed by atoms with Crippen molar-refractivity contribution in [1.29, 1.82) is 0 Å². The lowest BCUT2D eigenvalue weighted by molar-refractivity contribution is -0.135. The molecule has 3 heteroatoms. The minimum Gasteiger partial charge on any atom is -0.341 e. The van der Waals surface area contributed by atoms with Crippen molar-refractivity contribution in [1.82, 2.24) is 4.90 Å². The molecule has 0 saturated carbocycles. The predicted octanol–water partition coefficient (Wildman–Crippen LogP) is 1.62. The van der Waals surface area contributed by atoms with Gasteiger partial charge < -0.3 is 10.6 Å². The van der Waals surface area contributed by atoms with Crippen molar-refractivity contribution < 1.29 is 4.79 Å². The first-order chi connectivity index (χ1) is 7.06. The van der Waals surface area contributed by atoms with Gasteiger partial charge in [0.15, 0.2) is 0 Å². The third-order valence-electron chi connectivity index (χ3n) is 3.64. The van der Waals surface area contributed by atoms with E-state index in [1.165, 1.54) is 0 Å². The van der Waals surface area contributed by atoms with Gasteiger partial charge >= 0.3 is 0 Å². The molecule has 1 saturated heterocycles. The summed E-state index contributed by atoms with van der Waals surface area (Å²) in [5, 5.41) is 0. The van der Waals surface area contributed by atoms with Crippen molar-refractivity contribution in [2.45, 2.75) is 46.1 Å². The number of nitrogens with two attached hydrogens (primary N) is 1. The molecule has 0 aromatic carbocycles. The van der Waals surface area contributed by atoms with Crippen LogP contribution in [-0.2, 0) is 4.79 Å². The molecule has 1 aliphatic heterocycles. The van der Waals surface area contributed by atoms with Crippen LogP contribution < -0.4 is 5.73 Å². The van der Waals surface area contributed by atoms with E-state index in [0.29, 0.717) is 0 Å². The van der Waals surface area contributed by atoms with E-state index in [2.05, 4.69) is 20.8 Å². The topological polar surface area (TPSA) is 46.3 Å². The van der Waals surface area contributed by atoms with E-state index >= 15 is 0 Å². The van der Waals surface area contributed by atoms with Crippen LogP contribution in [0.5, 0.6) is 0 Å². The first-order valence-electron chi connectivity index (χ1n) is 6.10. The molecular weight excluding hydrogens is 188 g/mol. The lowest BCUT2D eigenvalue weighted by Crippen LogP contribution is -2.49. The number of carbonyl (C=O) groups is 1. The van der Waals surface area contributed by atoms with Crippen LogP contribution >= 0.6 is 0 Å². The van der Waals surface area contributed by atoms with Gasteiger partial charge in [-0.25, -0.2) is 0 Å². The molecule has 1 rings (SSSR count). The minimum absolute atomic E-state index is 0.149. The molecule has 0 aromatic rings. The van der Waals surface area contributed by atoms with Crippen molar-refractivity contribution in [3.8, 4) is 0 Å². The first kappa shape index (κ1) is 12.5. The normalized spacial score (nSPS) is 22.5. The summed E-state index contributed by atoms with van der Waals surface area (Å²) >= 11 is 0.